The third-order valence-electron chi connectivity index (χ3n) is 7.86. The average molecular weight is 383 g/mol. The number of Topliss-reactive ketones (excluding diaryl/α,β-unsaturated/α-hetero) is 1. The lowest BCUT2D eigenvalue weighted by Crippen LogP contribution is -2.57. The number of halogens is 1. The van der Waals surface area contributed by atoms with E-state index in [0.29, 0.717) is 30.5 Å². The van der Waals surface area contributed by atoms with E-state index >= 15 is 0 Å². The van der Waals surface area contributed by atoms with E-state index in [2.05, 4.69) is 29.8 Å². The Balaban J connectivity index is 1.78. The number of fused-ring (bicyclic) bond motifs is 5. The molecule has 0 radical (unpaired) electrons. The van der Waals surface area contributed by atoms with Gasteiger partial charge in [-0.2, -0.15) is 0 Å². The van der Waals surface area contributed by atoms with Gasteiger partial charge in [-0.15, -0.1) is 0 Å². The van der Waals surface area contributed by atoms with Crippen LogP contribution in [0.25, 0.3) is 0 Å². The molecule has 3 nitrogen and oxygen atoms in total. The van der Waals surface area contributed by atoms with E-state index in [0.717, 1.165) is 25.7 Å². The Bertz CT molecular complexity index is 573. The molecule has 23 heavy (non-hydrogen) atoms. The molecule has 128 valence electrons. The molecule has 1 unspecified atom stereocenters. The molecule has 0 heterocycles. The van der Waals surface area contributed by atoms with Crippen molar-refractivity contribution in [3.05, 3.63) is 11.6 Å². The summed E-state index contributed by atoms with van der Waals surface area (Å²) >= 11 is 3.86. The van der Waals surface area contributed by atoms with Crippen LogP contribution in [-0.4, -0.2) is 33.0 Å². The number of ketones is 1. The second-order valence-electron chi connectivity index (χ2n) is 8.73. The molecule has 0 aromatic heterocycles. The molecule has 3 saturated carbocycles. The molecule has 4 heteroatoms. The van der Waals surface area contributed by atoms with Crippen LogP contribution in [0.1, 0.15) is 52.4 Å². The van der Waals surface area contributed by atoms with Gasteiger partial charge in [0.1, 0.15) is 5.78 Å². The summed E-state index contributed by atoms with van der Waals surface area (Å²) in [7, 11) is 0. The monoisotopic (exact) mass is 382 g/mol. The number of aliphatic hydroxyl groups is 2. The van der Waals surface area contributed by atoms with Crippen LogP contribution in [-0.2, 0) is 4.79 Å². The number of hydrogen-bond donors (Lipinski definition) is 2. The Labute approximate surface area is 146 Å². The minimum Gasteiger partial charge on any atom is -0.393 e. The topological polar surface area (TPSA) is 57.5 Å². The number of aliphatic hydroxyl groups excluding tert-OH is 2. The zero-order chi connectivity index (χ0) is 16.6. The van der Waals surface area contributed by atoms with E-state index in [-0.39, 0.29) is 27.7 Å². The van der Waals surface area contributed by atoms with Crippen molar-refractivity contribution in [3.63, 3.8) is 0 Å². The SMILES string of the molecule is C[C@]12CC[C@H]3[C@@H]([C@@H](O)C=C4C[C@H](O)CC(Br)[C@@]43C)[C@@H]1CCC2=O. The Kier molecular flexibility index (Phi) is 3.65. The zero-order valence-electron chi connectivity index (χ0n) is 14.0. The minimum atomic E-state index is -0.469. The van der Waals surface area contributed by atoms with Gasteiger partial charge in [-0.25, -0.2) is 0 Å². The van der Waals surface area contributed by atoms with Gasteiger partial charge in [0, 0.05) is 22.1 Å². The van der Waals surface area contributed by atoms with Crippen LogP contribution in [0.3, 0.4) is 0 Å². The van der Waals surface area contributed by atoms with Gasteiger partial charge < -0.3 is 10.2 Å². The fraction of sp³-hybridized carbons (Fsp3) is 0.842. The van der Waals surface area contributed by atoms with Crippen LogP contribution in [0.2, 0.25) is 0 Å². The number of carbonyl (C=O) groups excluding carboxylic acids is 1. The summed E-state index contributed by atoms with van der Waals surface area (Å²) in [5.41, 5.74) is 0.996. The molecular formula is C19H27BrO3. The number of alkyl halides is 1. The molecule has 2 N–H and O–H groups in total. The molecular weight excluding hydrogens is 356 g/mol. The normalized spacial score (nSPS) is 55.7. The van der Waals surface area contributed by atoms with Gasteiger partial charge in [-0.1, -0.05) is 41.4 Å². The predicted octanol–water partition coefficient (Wildman–Crippen LogP) is 3.22. The van der Waals surface area contributed by atoms with Crippen LogP contribution in [0.5, 0.6) is 0 Å². The Morgan fingerprint density at radius 2 is 1.96 bits per heavy atom. The largest absolute Gasteiger partial charge is 0.393 e. The van der Waals surface area contributed by atoms with Crippen molar-refractivity contribution in [1.29, 1.82) is 0 Å². The second kappa shape index (κ2) is 5.15. The van der Waals surface area contributed by atoms with Crippen molar-refractivity contribution in [2.24, 2.45) is 28.6 Å². The molecule has 0 amide bonds. The summed E-state index contributed by atoms with van der Waals surface area (Å²) in [6.45, 7) is 4.45. The second-order valence-corrected chi connectivity index (χ2v) is 9.84. The summed E-state index contributed by atoms with van der Waals surface area (Å²) in [6.07, 6.45) is 6.26. The molecule has 0 aromatic carbocycles. The lowest BCUT2D eigenvalue weighted by Gasteiger charge is -2.59. The van der Waals surface area contributed by atoms with Gasteiger partial charge >= 0.3 is 0 Å². The first-order chi connectivity index (χ1) is 10.8. The standard InChI is InChI=1S/C19H27BrO3/c1-18-6-5-13-17(12(18)3-4-16(18)23)14(22)8-10-7-11(21)9-15(20)19(10,13)2/h8,11-15,17,21-22H,3-7,9H2,1-2H3/t11-,12-,13-,14-,15?,17-,18-,19-/m0/s1. The fourth-order valence-electron chi connectivity index (χ4n) is 6.42. The number of rotatable bonds is 0. The first-order valence-electron chi connectivity index (χ1n) is 9.03. The Hall–Kier alpha value is -0.190. The summed E-state index contributed by atoms with van der Waals surface area (Å²) in [6, 6.07) is 0. The smallest absolute Gasteiger partial charge is 0.139 e. The predicted molar refractivity (Wildman–Crippen MR) is 92.2 cm³/mol. The van der Waals surface area contributed by atoms with E-state index in [9.17, 15) is 15.0 Å². The number of carbonyl (C=O) groups is 1. The summed E-state index contributed by atoms with van der Waals surface area (Å²) in [5.74, 6) is 1.30. The molecule has 0 spiro atoms. The summed E-state index contributed by atoms with van der Waals surface area (Å²) < 4.78 is 0. The highest BCUT2D eigenvalue weighted by Gasteiger charge is 2.62. The van der Waals surface area contributed by atoms with Crippen molar-refractivity contribution >= 4 is 21.7 Å². The van der Waals surface area contributed by atoms with Gasteiger partial charge in [0.05, 0.1) is 12.2 Å². The van der Waals surface area contributed by atoms with Crippen molar-refractivity contribution in [3.8, 4) is 0 Å². The van der Waals surface area contributed by atoms with E-state index in [1.165, 1.54) is 5.57 Å². The molecule has 8 atom stereocenters. The summed E-state index contributed by atoms with van der Waals surface area (Å²) in [5, 5.41) is 21.0. The molecule has 0 aliphatic heterocycles. The van der Waals surface area contributed by atoms with E-state index in [1.807, 2.05) is 6.08 Å². The van der Waals surface area contributed by atoms with Gasteiger partial charge in [-0.05, 0) is 49.9 Å². The molecule has 0 saturated heterocycles. The third kappa shape index (κ3) is 2.04. The molecule has 3 fully saturated rings. The number of hydrogen-bond acceptors (Lipinski definition) is 3. The molecule has 0 aromatic rings. The summed E-state index contributed by atoms with van der Waals surface area (Å²) in [4.78, 5) is 12.7. The first-order valence-corrected chi connectivity index (χ1v) is 9.94. The third-order valence-corrected chi connectivity index (χ3v) is 9.18. The maximum absolute atomic E-state index is 12.4. The highest BCUT2D eigenvalue weighted by molar-refractivity contribution is 9.09. The van der Waals surface area contributed by atoms with Gasteiger partial charge in [0.2, 0.25) is 0 Å². The van der Waals surface area contributed by atoms with Crippen molar-refractivity contribution in [1.82, 2.24) is 0 Å². The van der Waals surface area contributed by atoms with Crippen LogP contribution in [0.15, 0.2) is 11.6 Å². The van der Waals surface area contributed by atoms with Crippen molar-refractivity contribution in [2.45, 2.75) is 69.4 Å². The maximum Gasteiger partial charge on any atom is 0.139 e. The van der Waals surface area contributed by atoms with Crippen molar-refractivity contribution < 1.29 is 15.0 Å². The highest BCUT2D eigenvalue weighted by atomic mass is 79.9. The maximum atomic E-state index is 12.4. The van der Waals surface area contributed by atoms with Gasteiger partial charge in [0.15, 0.2) is 0 Å². The van der Waals surface area contributed by atoms with Gasteiger partial charge in [0.25, 0.3) is 0 Å². The highest BCUT2D eigenvalue weighted by Crippen LogP contribution is 2.64. The first kappa shape index (κ1) is 16.3. The molecule has 4 aliphatic rings. The quantitative estimate of drug-likeness (QED) is 0.499. The lowest BCUT2D eigenvalue weighted by molar-refractivity contribution is -0.135. The van der Waals surface area contributed by atoms with E-state index < -0.39 is 6.10 Å². The van der Waals surface area contributed by atoms with Crippen LogP contribution in [0, 0.1) is 28.6 Å². The van der Waals surface area contributed by atoms with Crippen LogP contribution >= 0.6 is 15.9 Å². The molecule has 4 aliphatic carbocycles. The van der Waals surface area contributed by atoms with E-state index in [1.54, 1.807) is 0 Å². The molecule has 4 rings (SSSR count). The van der Waals surface area contributed by atoms with Gasteiger partial charge in [-0.3, -0.25) is 4.79 Å². The van der Waals surface area contributed by atoms with E-state index in [4.69, 9.17) is 0 Å². The van der Waals surface area contributed by atoms with Crippen LogP contribution < -0.4 is 0 Å². The minimum absolute atomic E-state index is 0.00387. The van der Waals surface area contributed by atoms with Crippen LogP contribution in [0.4, 0.5) is 0 Å². The molecule has 0 bridgehead atoms. The average Bonchev–Trinajstić information content (AvgIpc) is 2.78. The zero-order valence-corrected chi connectivity index (χ0v) is 15.6. The van der Waals surface area contributed by atoms with Crippen molar-refractivity contribution in [2.75, 3.05) is 0 Å². The Morgan fingerprint density at radius 3 is 2.70 bits per heavy atom. The Morgan fingerprint density at radius 1 is 1.22 bits per heavy atom. The fourth-order valence-corrected chi connectivity index (χ4v) is 7.49. The lowest BCUT2D eigenvalue weighted by atomic mass is 9.47.